The SMILES string of the molecule is O=c1c2cc(F)ccc2n2cnc3ccc(NCCNCCOCCCO)c1c32. The number of aromatic nitrogens is 2. The minimum atomic E-state index is -0.437. The van der Waals surface area contributed by atoms with Crippen molar-refractivity contribution in [1.82, 2.24) is 14.7 Å². The van der Waals surface area contributed by atoms with E-state index in [0.29, 0.717) is 61.2 Å². The van der Waals surface area contributed by atoms with Gasteiger partial charge in [-0.1, -0.05) is 0 Å². The fourth-order valence-corrected chi connectivity index (χ4v) is 3.52. The zero-order valence-electron chi connectivity index (χ0n) is 15.9. The number of ether oxygens (including phenoxy) is 1. The van der Waals surface area contributed by atoms with Crippen LogP contribution < -0.4 is 16.1 Å². The maximum Gasteiger partial charge on any atom is 0.199 e. The monoisotopic (exact) mass is 398 g/mol. The minimum absolute atomic E-state index is 0.138. The molecule has 0 saturated carbocycles. The number of aliphatic hydroxyl groups is 1. The summed E-state index contributed by atoms with van der Waals surface area (Å²) in [6.45, 7) is 3.29. The summed E-state index contributed by atoms with van der Waals surface area (Å²) in [7, 11) is 0. The van der Waals surface area contributed by atoms with Crippen LogP contribution in [-0.2, 0) is 4.74 Å². The Morgan fingerprint density at radius 3 is 2.90 bits per heavy atom. The van der Waals surface area contributed by atoms with Gasteiger partial charge in [-0.15, -0.1) is 0 Å². The van der Waals surface area contributed by atoms with Gasteiger partial charge in [-0.25, -0.2) is 9.37 Å². The van der Waals surface area contributed by atoms with E-state index in [1.807, 2.05) is 16.5 Å². The highest BCUT2D eigenvalue weighted by atomic mass is 19.1. The average Bonchev–Trinajstić information content (AvgIpc) is 3.15. The summed E-state index contributed by atoms with van der Waals surface area (Å²) in [5, 5.41) is 16.1. The lowest BCUT2D eigenvalue weighted by Gasteiger charge is -2.12. The van der Waals surface area contributed by atoms with Gasteiger partial charge < -0.3 is 20.5 Å². The molecule has 4 rings (SSSR count). The van der Waals surface area contributed by atoms with Crippen LogP contribution in [0.25, 0.3) is 27.3 Å². The molecule has 0 amide bonds. The molecule has 2 aromatic heterocycles. The maximum atomic E-state index is 13.8. The largest absolute Gasteiger partial charge is 0.396 e. The first-order chi connectivity index (χ1) is 14.2. The second-order valence-corrected chi connectivity index (χ2v) is 6.83. The molecule has 2 aromatic carbocycles. The third kappa shape index (κ3) is 3.87. The van der Waals surface area contributed by atoms with Crippen LogP contribution in [0.5, 0.6) is 0 Å². The Labute approximate surface area is 166 Å². The molecular weight excluding hydrogens is 375 g/mol. The molecule has 0 radical (unpaired) electrons. The number of pyridine rings is 1. The molecule has 2 heterocycles. The molecule has 0 aliphatic rings. The van der Waals surface area contributed by atoms with Crippen molar-refractivity contribution < 1.29 is 14.2 Å². The number of benzene rings is 2. The van der Waals surface area contributed by atoms with Crippen molar-refractivity contribution >= 4 is 33.0 Å². The van der Waals surface area contributed by atoms with Crippen molar-refractivity contribution in [2.24, 2.45) is 0 Å². The Balaban J connectivity index is 1.52. The summed E-state index contributed by atoms with van der Waals surface area (Å²) in [6, 6.07) is 7.96. The van der Waals surface area contributed by atoms with Gasteiger partial charge in [0.05, 0.1) is 28.5 Å². The van der Waals surface area contributed by atoms with Gasteiger partial charge in [0.15, 0.2) is 5.43 Å². The van der Waals surface area contributed by atoms with E-state index in [0.717, 1.165) is 11.0 Å². The van der Waals surface area contributed by atoms with Crippen LogP contribution >= 0.6 is 0 Å². The molecule has 0 atom stereocenters. The van der Waals surface area contributed by atoms with Crippen molar-refractivity contribution in [3.63, 3.8) is 0 Å². The molecule has 0 unspecified atom stereocenters. The number of halogens is 1. The highest BCUT2D eigenvalue weighted by Gasteiger charge is 2.16. The maximum absolute atomic E-state index is 13.8. The summed E-state index contributed by atoms with van der Waals surface area (Å²) < 4.78 is 21.0. The van der Waals surface area contributed by atoms with Crippen molar-refractivity contribution in [1.29, 1.82) is 0 Å². The van der Waals surface area contributed by atoms with Crippen molar-refractivity contribution in [3.05, 3.63) is 52.7 Å². The molecule has 0 bridgehead atoms. The number of imidazole rings is 1. The quantitative estimate of drug-likeness (QED) is 0.280. The Kier molecular flexibility index (Phi) is 5.84. The van der Waals surface area contributed by atoms with Crippen molar-refractivity contribution in [2.45, 2.75) is 6.42 Å². The zero-order chi connectivity index (χ0) is 20.2. The smallest absolute Gasteiger partial charge is 0.199 e. The lowest BCUT2D eigenvalue weighted by atomic mass is 10.1. The summed E-state index contributed by atoms with van der Waals surface area (Å²) in [4.78, 5) is 17.5. The van der Waals surface area contributed by atoms with E-state index in [4.69, 9.17) is 9.84 Å². The van der Waals surface area contributed by atoms with Crippen LogP contribution in [0.15, 0.2) is 41.5 Å². The fraction of sp³-hybridized carbons (Fsp3) is 0.333. The van der Waals surface area contributed by atoms with Gasteiger partial charge in [0.25, 0.3) is 0 Å². The molecule has 29 heavy (non-hydrogen) atoms. The van der Waals surface area contributed by atoms with Gasteiger partial charge in [-0.2, -0.15) is 0 Å². The van der Waals surface area contributed by atoms with Gasteiger partial charge in [-0.3, -0.25) is 9.20 Å². The van der Waals surface area contributed by atoms with E-state index >= 15 is 0 Å². The van der Waals surface area contributed by atoms with E-state index in [9.17, 15) is 9.18 Å². The number of hydrogen-bond acceptors (Lipinski definition) is 6. The Hall–Kier alpha value is -2.81. The molecule has 152 valence electrons. The lowest BCUT2D eigenvalue weighted by molar-refractivity contribution is 0.118. The fourth-order valence-electron chi connectivity index (χ4n) is 3.52. The molecule has 0 saturated heterocycles. The molecule has 8 heteroatoms. The van der Waals surface area contributed by atoms with E-state index in [2.05, 4.69) is 15.6 Å². The molecule has 0 aliphatic carbocycles. The first-order valence-electron chi connectivity index (χ1n) is 9.68. The number of rotatable bonds is 10. The Morgan fingerprint density at radius 1 is 1.14 bits per heavy atom. The molecule has 4 aromatic rings. The van der Waals surface area contributed by atoms with E-state index < -0.39 is 5.82 Å². The Morgan fingerprint density at radius 2 is 2.03 bits per heavy atom. The number of hydrogen-bond donors (Lipinski definition) is 3. The summed E-state index contributed by atoms with van der Waals surface area (Å²) in [5.74, 6) is -0.437. The third-order valence-corrected chi connectivity index (χ3v) is 4.89. The Bertz CT molecular complexity index is 1180. The van der Waals surface area contributed by atoms with Crippen LogP contribution in [0.4, 0.5) is 10.1 Å². The zero-order valence-corrected chi connectivity index (χ0v) is 15.9. The van der Waals surface area contributed by atoms with Crippen LogP contribution in [0.2, 0.25) is 0 Å². The molecule has 7 nitrogen and oxygen atoms in total. The number of anilines is 1. The molecule has 0 spiro atoms. The number of fused-ring (bicyclic) bond motifs is 2. The predicted octanol–water partition coefficient (Wildman–Crippen LogP) is 1.98. The van der Waals surface area contributed by atoms with Crippen LogP contribution in [-0.4, -0.2) is 53.9 Å². The van der Waals surface area contributed by atoms with Crippen LogP contribution in [0, 0.1) is 5.82 Å². The van der Waals surface area contributed by atoms with Crippen molar-refractivity contribution in [2.75, 3.05) is 44.8 Å². The second-order valence-electron chi connectivity index (χ2n) is 6.83. The predicted molar refractivity (Wildman–Crippen MR) is 111 cm³/mol. The van der Waals surface area contributed by atoms with Gasteiger partial charge in [0.1, 0.15) is 12.1 Å². The van der Waals surface area contributed by atoms with Crippen molar-refractivity contribution in [3.8, 4) is 0 Å². The van der Waals surface area contributed by atoms with E-state index in [-0.39, 0.29) is 12.0 Å². The first-order valence-corrected chi connectivity index (χ1v) is 9.68. The van der Waals surface area contributed by atoms with Gasteiger partial charge in [0.2, 0.25) is 0 Å². The molecule has 0 fully saturated rings. The highest BCUT2D eigenvalue weighted by Crippen LogP contribution is 2.28. The number of nitrogens with zero attached hydrogens (tertiary/aromatic N) is 2. The van der Waals surface area contributed by atoms with Crippen LogP contribution in [0.3, 0.4) is 0 Å². The van der Waals surface area contributed by atoms with Gasteiger partial charge >= 0.3 is 0 Å². The van der Waals surface area contributed by atoms with E-state index in [1.165, 1.54) is 12.1 Å². The highest BCUT2D eigenvalue weighted by molar-refractivity contribution is 6.06. The topological polar surface area (TPSA) is 87.9 Å². The average molecular weight is 398 g/mol. The third-order valence-electron chi connectivity index (χ3n) is 4.89. The molecular formula is C21H23FN4O3. The standard InChI is InChI=1S/C21H23FN4O3/c22-14-2-5-18-15(12-14)21(28)19-16(3-4-17-20(19)26(18)13-25-17)24-7-6-23-8-11-29-10-1-9-27/h2-5,12-13,23-24,27H,1,6-11H2. The number of aliphatic hydroxyl groups excluding tert-OH is 1. The van der Waals surface area contributed by atoms with E-state index in [1.54, 1.807) is 12.4 Å². The number of nitrogens with one attached hydrogen (secondary N) is 2. The molecule has 0 aliphatic heterocycles. The lowest BCUT2D eigenvalue weighted by Crippen LogP contribution is -2.26. The first kappa shape index (κ1) is 19.5. The minimum Gasteiger partial charge on any atom is -0.396 e. The second kappa shape index (κ2) is 8.69. The normalized spacial score (nSPS) is 11.8. The summed E-state index contributed by atoms with van der Waals surface area (Å²) in [6.07, 6.45) is 2.31. The summed E-state index contributed by atoms with van der Waals surface area (Å²) in [5.41, 5.74) is 2.62. The molecule has 3 N–H and O–H groups in total. The van der Waals surface area contributed by atoms with Crippen LogP contribution in [0.1, 0.15) is 6.42 Å². The van der Waals surface area contributed by atoms with Gasteiger partial charge in [-0.05, 0) is 36.8 Å². The van der Waals surface area contributed by atoms with Gasteiger partial charge in [0, 0.05) is 43.9 Å². The summed E-state index contributed by atoms with van der Waals surface area (Å²) >= 11 is 0.